The third-order valence-electron chi connectivity index (χ3n) is 2.76. The molecule has 0 radical (unpaired) electrons. The first-order chi connectivity index (χ1) is 11.9. The van der Waals surface area contributed by atoms with Crippen molar-refractivity contribution in [2.24, 2.45) is 5.92 Å². The Labute approximate surface area is 236 Å². The molecule has 1 saturated heterocycles. The Balaban J connectivity index is -0.0000000752. The molecule has 160 valence electrons. The quantitative estimate of drug-likeness (QED) is 0.142. The fourth-order valence-electron chi connectivity index (χ4n) is 1.56. The fourth-order valence-corrected chi connectivity index (χ4v) is 1.86. The topological polar surface area (TPSA) is 3.24 Å². The minimum absolute atomic E-state index is 0. The standard InChI is InChI=1S/C7H8.C6H14NP.C2H6.CHI3.2CH3I.CH4/c1-7-5-3-2-4-6-7;1-6-2-4-7(8)5-3-6;1-2;2-1(3)4;2*1-2;/h2-6H,1H3;6H,2-5,8H2,1H3;1-2H3;1H;2*1H3;1H4. The number of halogens is 5. The maximum atomic E-state index is 2.76. The molecule has 0 saturated carbocycles. The highest BCUT2D eigenvalue weighted by Crippen LogP contribution is 2.17. The summed E-state index contributed by atoms with van der Waals surface area (Å²) in [5.74, 6) is 0.965. The van der Waals surface area contributed by atoms with Gasteiger partial charge in [0, 0.05) is 13.1 Å². The Morgan fingerprint density at radius 2 is 1.23 bits per heavy atom. The van der Waals surface area contributed by atoms with Crippen molar-refractivity contribution in [3.05, 3.63) is 35.9 Å². The van der Waals surface area contributed by atoms with Gasteiger partial charge in [-0.1, -0.05) is 186 Å². The van der Waals surface area contributed by atoms with Gasteiger partial charge in [0.25, 0.3) is 0 Å². The second-order valence-electron chi connectivity index (χ2n) is 4.62. The number of piperidine rings is 1. The van der Waals surface area contributed by atoms with Crippen molar-refractivity contribution >= 4 is 122 Å². The second-order valence-corrected chi connectivity index (χ2v) is 16.2. The fraction of sp³-hybridized carbons (Fsp3) is 0.684. The minimum atomic E-state index is 0. The van der Waals surface area contributed by atoms with Gasteiger partial charge in [-0.05, 0) is 35.5 Å². The second kappa shape index (κ2) is 35.7. The first-order valence-electron chi connectivity index (χ1n) is 8.11. The summed E-state index contributed by atoms with van der Waals surface area (Å²) < 4.78 is 3.06. The molecule has 1 heterocycles. The average molecular weight is 947 g/mol. The maximum absolute atomic E-state index is 2.76. The molecular weight excluding hydrogens is 908 g/mol. The van der Waals surface area contributed by atoms with Crippen LogP contribution in [0, 0.1) is 12.8 Å². The van der Waals surface area contributed by atoms with E-state index in [1.165, 1.54) is 31.5 Å². The summed E-state index contributed by atoms with van der Waals surface area (Å²) in [4.78, 5) is 3.94. The molecule has 0 amide bonds. The third-order valence-corrected chi connectivity index (χ3v) is 3.28. The van der Waals surface area contributed by atoms with E-state index < -0.39 is 0 Å². The summed E-state index contributed by atoms with van der Waals surface area (Å²) in [6.07, 6.45) is 2.76. The van der Waals surface area contributed by atoms with Crippen molar-refractivity contribution in [2.45, 2.75) is 47.9 Å². The van der Waals surface area contributed by atoms with Gasteiger partial charge in [0.2, 0.25) is 0 Å². The van der Waals surface area contributed by atoms with Crippen molar-refractivity contribution < 1.29 is 0 Å². The molecule has 1 nitrogen and oxygen atoms in total. The average Bonchev–Trinajstić information content (AvgIpc) is 2.63. The first-order valence-corrected chi connectivity index (χ1v) is 16.7. The van der Waals surface area contributed by atoms with Crippen molar-refractivity contribution in [1.82, 2.24) is 4.67 Å². The van der Waals surface area contributed by atoms with Crippen LogP contribution in [0.25, 0.3) is 0 Å². The summed E-state index contributed by atoms with van der Waals surface area (Å²) in [6, 6.07) is 10.3. The lowest BCUT2D eigenvalue weighted by Gasteiger charge is -2.25. The SMILES string of the molecule is C.CC.CC1CCN(P)CC1.CI.CI.Cc1ccccc1.IC(I)I. The summed E-state index contributed by atoms with van der Waals surface area (Å²) in [5, 5.41) is 0. The van der Waals surface area contributed by atoms with E-state index >= 15 is 0 Å². The summed E-state index contributed by atoms with van der Waals surface area (Å²) in [7, 11) is 2.76. The highest BCUT2D eigenvalue weighted by Gasteiger charge is 2.10. The number of rotatable bonds is 0. The normalized spacial score (nSPS) is 12.5. The van der Waals surface area contributed by atoms with Gasteiger partial charge < -0.3 is 0 Å². The summed E-state index contributed by atoms with van der Waals surface area (Å²) >= 11 is 11.2. The van der Waals surface area contributed by atoms with Gasteiger partial charge in [0.1, 0.15) is -0.0619 Å². The van der Waals surface area contributed by atoms with E-state index in [4.69, 9.17) is 0 Å². The number of benzene rings is 1. The van der Waals surface area contributed by atoms with Crippen LogP contribution in [0.15, 0.2) is 30.3 Å². The zero-order chi connectivity index (χ0) is 20.7. The van der Waals surface area contributed by atoms with Crippen molar-refractivity contribution in [3.63, 3.8) is 0 Å². The molecule has 2 rings (SSSR count). The smallest absolute Gasteiger partial charge is 0.114 e. The van der Waals surface area contributed by atoms with Gasteiger partial charge in [0.05, 0.1) is 0 Å². The molecule has 0 aliphatic carbocycles. The van der Waals surface area contributed by atoms with Crippen LogP contribution in [0.4, 0.5) is 0 Å². The Morgan fingerprint density at radius 3 is 1.42 bits per heavy atom. The first kappa shape index (κ1) is 39.7. The molecule has 0 bridgehead atoms. The van der Waals surface area contributed by atoms with Crippen molar-refractivity contribution in [3.8, 4) is 0 Å². The van der Waals surface area contributed by atoms with Gasteiger partial charge in [-0.15, -0.1) is 0 Å². The molecule has 1 aliphatic rings. The highest BCUT2D eigenvalue weighted by atomic mass is 127. The van der Waals surface area contributed by atoms with Crippen LogP contribution in [0.3, 0.4) is 0 Å². The van der Waals surface area contributed by atoms with E-state index in [1.807, 2.05) is 41.9 Å². The predicted molar refractivity (Wildman–Crippen MR) is 175 cm³/mol. The third kappa shape index (κ3) is 41.6. The Hall–Kier alpha value is 3.26. The molecule has 7 heteroatoms. The van der Waals surface area contributed by atoms with E-state index in [9.17, 15) is 0 Å². The molecule has 26 heavy (non-hydrogen) atoms. The highest BCUT2D eigenvalue weighted by molar-refractivity contribution is 14.3. The van der Waals surface area contributed by atoms with Gasteiger partial charge in [-0.2, -0.15) is 0 Å². The lowest BCUT2D eigenvalue weighted by molar-refractivity contribution is 0.307. The Kier molecular flexibility index (Phi) is 54.5. The van der Waals surface area contributed by atoms with E-state index in [1.54, 1.807) is 0 Å². The summed E-state index contributed by atoms with van der Waals surface area (Å²) in [6.45, 7) is 11.0. The maximum Gasteiger partial charge on any atom is 0.114 e. The Bertz CT molecular complexity index is 295. The lowest BCUT2D eigenvalue weighted by atomic mass is 10.0. The molecule has 0 spiro atoms. The minimum Gasteiger partial charge on any atom is -0.287 e. The van der Waals surface area contributed by atoms with Crippen molar-refractivity contribution in [1.29, 1.82) is 0 Å². The zero-order valence-corrected chi connectivity index (χ0v) is 28.2. The van der Waals surface area contributed by atoms with E-state index in [-0.39, 0.29) is 7.43 Å². The van der Waals surface area contributed by atoms with Crippen LogP contribution in [0.5, 0.6) is 0 Å². The lowest BCUT2D eigenvalue weighted by Crippen LogP contribution is -2.24. The number of nitrogens with zero attached hydrogens (tertiary/aromatic N) is 1. The van der Waals surface area contributed by atoms with Gasteiger partial charge >= 0.3 is 0 Å². The largest absolute Gasteiger partial charge is 0.287 e. The molecule has 1 atom stereocenters. The van der Waals surface area contributed by atoms with Crippen molar-refractivity contribution in [2.75, 3.05) is 23.0 Å². The number of aryl methyl sites for hydroxylation is 1. The van der Waals surface area contributed by atoms with E-state index in [0.29, 0.717) is 0 Å². The van der Waals surface area contributed by atoms with Gasteiger partial charge in [-0.3, -0.25) is 4.67 Å². The number of alkyl halides is 5. The van der Waals surface area contributed by atoms with Crippen LogP contribution >= 0.6 is 122 Å². The molecule has 1 aliphatic heterocycles. The zero-order valence-electron chi connectivity index (χ0n) is 16.3. The molecular formula is C19H39I5NP. The predicted octanol–water partition coefficient (Wildman–Crippen LogP) is 9.84. The Morgan fingerprint density at radius 1 is 0.923 bits per heavy atom. The monoisotopic (exact) mass is 947 g/mol. The molecule has 1 unspecified atom stereocenters. The van der Waals surface area contributed by atoms with Crippen LogP contribution in [0.2, 0.25) is 0 Å². The van der Waals surface area contributed by atoms with Crippen LogP contribution in [-0.2, 0) is 0 Å². The molecule has 1 aromatic carbocycles. The molecule has 0 aromatic heterocycles. The van der Waals surface area contributed by atoms with E-state index in [0.717, 1.165) is 5.86 Å². The van der Waals surface area contributed by atoms with Crippen LogP contribution in [0.1, 0.15) is 46.6 Å². The number of hydrogen-bond donors (Lipinski definition) is 0. The van der Waals surface area contributed by atoms with Gasteiger partial charge in [0.15, 0.2) is 0 Å². The molecule has 0 N–H and O–H groups in total. The van der Waals surface area contributed by atoms with E-state index in [2.05, 4.69) is 153 Å². The van der Waals surface area contributed by atoms with Gasteiger partial charge in [-0.25, -0.2) is 0 Å². The summed E-state index contributed by atoms with van der Waals surface area (Å²) in [5.41, 5.74) is 1.32. The molecule has 1 aromatic rings. The number of hydrogen-bond acceptors (Lipinski definition) is 1. The van der Waals surface area contributed by atoms with Crippen LogP contribution in [-0.4, -0.2) is 27.6 Å². The van der Waals surface area contributed by atoms with Crippen LogP contribution < -0.4 is 0 Å². The molecule has 1 fully saturated rings.